The molecule has 11 heavy (non-hydrogen) atoms. The van der Waals surface area contributed by atoms with Gasteiger partial charge in [-0.25, -0.2) is 0 Å². The van der Waals surface area contributed by atoms with Crippen molar-refractivity contribution < 1.29 is 4.74 Å². The standard InChI is InChI=1S/C7H8BrNO2/c1-11-4-5-2-6(8)3-9-7(5)10/h2-3H,4H2,1H3,(H,9,10). The lowest BCUT2D eigenvalue weighted by Gasteiger charge is -1.97. The Morgan fingerprint density at radius 2 is 2.45 bits per heavy atom. The van der Waals surface area contributed by atoms with Crippen LogP contribution in [0.3, 0.4) is 0 Å². The van der Waals surface area contributed by atoms with Gasteiger partial charge >= 0.3 is 0 Å². The van der Waals surface area contributed by atoms with Crippen molar-refractivity contribution in [3.05, 3.63) is 32.7 Å². The van der Waals surface area contributed by atoms with Crippen molar-refractivity contribution in [3.63, 3.8) is 0 Å². The average molecular weight is 218 g/mol. The van der Waals surface area contributed by atoms with Gasteiger partial charge < -0.3 is 9.72 Å². The normalized spacial score (nSPS) is 10.0. The molecule has 1 rings (SSSR count). The number of nitrogens with one attached hydrogen (secondary N) is 1. The van der Waals surface area contributed by atoms with Gasteiger partial charge in [-0.2, -0.15) is 0 Å². The summed E-state index contributed by atoms with van der Waals surface area (Å²) in [5, 5.41) is 0. The minimum atomic E-state index is -0.102. The van der Waals surface area contributed by atoms with Gasteiger partial charge in [0.15, 0.2) is 0 Å². The van der Waals surface area contributed by atoms with Gasteiger partial charge in [-0.05, 0) is 22.0 Å². The highest BCUT2D eigenvalue weighted by Crippen LogP contribution is 2.06. The second kappa shape index (κ2) is 3.69. The molecule has 60 valence electrons. The average Bonchev–Trinajstić information content (AvgIpc) is 1.98. The second-order valence-electron chi connectivity index (χ2n) is 2.11. The molecule has 0 aliphatic rings. The van der Waals surface area contributed by atoms with E-state index < -0.39 is 0 Å². The Morgan fingerprint density at radius 3 is 3.09 bits per heavy atom. The van der Waals surface area contributed by atoms with Gasteiger partial charge in [0, 0.05) is 23.3 Å². The Kier molecular flexibility index (Phi) is 2.84. The fourth-order valence-corrected chi connectivity index (χ4v) is 1.15. The Balaban J connectivity index is 3.03. The molecule has 3 nitrogen and oxygen atoms in total. The lowest BCUT2D eigenvalue weighted by atomic mass is 10.3. The topological polar surface area (TPSA) is 42.1 Å². The summed E-state index contributed by atoms with van der Waals surface area (Å²) in [5.74, 6) is 0. The van der Waals surface area contributed by atoms with Gasteiger partial charge in [0.2, 0.25) is 0 Å². The molecular formula is C7H8BrNO2. The van der Waals surface area contributed by atoms with Crippen LogP contribution >= 0.6 is 15.9 Å². The molecule has 0 amide bonds. The second-order valence-corrected chi connectivity index (χ2v) is 3.02. The first kappa shape index (κ1) is 8.49. The maximum atomic E-state index is 11.0. The van der Waals surface area contributed by atoms with Crippen molar-refractivity contribution >= 4 is 15.9 Å². The zero-order valence-corrected chi connectivity index (χ0v) is 7.64. The molecule has 0 bridgehead atoms. The molecule has 4 heteroatoms. The zero-order chi connectivity index (χ0) is 8.27. The van der Waals surface area contributed by atoms with Crippen LogP contribution in [-0.2, 0) is 11.3 Å². The van der Waals surface area contributed by atoms with E-state index in [9.17, 15) is 4.79 Å². The number of aromatic amines is 1. The number of aromatic nitrogens is 1. The zero-order valence-electron chi connectivity index (χ0n) is 6.06. The fourth-order valence-electron chi connectivity index (χ4n) is 0.764. The van der Waals surface area contributed by atoms with Crippen molar-refractivity contribution in [2.75, 3.05) is 7.11 Å². The minimum absolute atomic E-state index is 0.102. The maximum absolute atomic E-state index is 11.0. The van der Waals surface area contributed by atoms with Crippen molar-refractivity contribution in [1.29, 1.82) is 0 Å². The Morgan fingerprint density at radius 1 is 1.73 bits per heavy atom. The van der Waals surface area contributed by atoms with Crippen LogP contribution in [0.5, 0.6) is 0 Å². The molecule has 0 saturated carbocycles. The third-order valence-electron chi connectivity index (χ3n) is 1.24. The first-order valence-corrected chi connectivity index (χ1v) is 3.89. The SMILES string of the molecule is COCc1cc(Br)c[nH]c1=O. The summed E-state index contributed by atoms with van der Waals surface area (Å²) in [6.45, 7) is 0.342. The van der Waals surface area contributed by atoms with E-state index in [0.29, 0.717) is 12.2 Å². The largest absolute Gasteiger partial charge is 0.380 e. The number of halogens is 1. The highest BCUT2D eigenvalue weighted by atomic mass is 79.9. The van der Waals surface area contributed by atoms with Crippen LogP contribution in [0, 0.1) is 0 Å². The highest BCUT2D eigenvalue weighted by Gasteiger charge is 1.98. The fraction of sp³-hybridized carbons (Fsp3) is 0.286. The van der Waals surface area contributed by atoms with Crippen LogP contribution in [0.4, 0.5) is 0 Å². The van der Waals surface area contributed by atoms with Crippen LogP contribution in [0.1, 0.15) is 5.56 Å². The van der Waals surface area contributed by atoms with Crippen molar-refractivity contribution in [3.8, 4) is 0 Å². The minimum Gasteiger partial charge on any atom is -0.380 e. The molecule has 0 radical (unpaired) electrons. The Labute approximate surface area is 72.5 Å². The van der Waals surface area contributed by atoms with E-state index in [1.807, 2.05) is 0 Å². The summed E-state index contributed by atoms with van der Waals surface area (Å²) >= 11 is 3.24. The molecule has 0 fully saturated rings. The molecule has 1 N–H and O–H groups in total. The number of pyridine rings is 1. The molecule has 0 saturated heterocycles. The molecule has 1 aromatic heterocycles. The first-order chi connectivity index (χ1) is 5.24. The number of ether oxygens (including phenoxy) is 1. The third kappa shape index (κ3) is 2.17. The predicted molar refractivity (Wildman–Crippen MR) is 45.5 cm³/mol. The van der Waals surface area contributed by atoms with Crippen LogP contribution in [0.15, 0.2) is 21.5 Å². The van der Waals surface area contributed by atoms with Crippen LogP contribution in [0.25, 0.3) is 0 Å². The first-order valence-electron chi connectivity index (χ1n) is 3.10. The smallest absolute Gasteiger partial charge is 0.253 e. The van der Waals surface area contributed by atoms with E-state index in [0.717, 1.165) is 4.47 Å². The summed E-state index contributed by atoms with van der Waals surface area (Å²) < 4.78 is 5.67. The third-order valence-corrected chi connectivity index (χ3v) is 1.70. The molecule has 0 aromatic carbocycles. The van der Waals surface area contributed by atoms with E-state index in [1.165, 1.54) is 0 Å². The molecule has 0 spiro atoms. The lowest BCUT2D eigenvalue weighted by molar-refractivity contribution is 0.183. The van der Waals surface area contributed by atoms with Crippen molar-refractivity contribution in [2.45, 2.75) is 6.61 Å². The van der Waals surface area contributed by atoms with E-state index in [2.05, 4.69) is 20.9 Å². The highest BCUT2D eigenvalue weighted by molar-refractivity contribution is 9.10. The van der Waals surface area contributed by atoms with Gasteiger partial charge in [-0.15, -0.1) is 0 Å². The number of methoxy groups -OCH3 is 1. The van der Waals surface area contributed by atoms with Crippen molar-refractivity contribution in [2.24, 2.45) is 0 Å². The number of H-pyrrole nitrogens is 1. The molecule has 0 aliphatic heterocycles. The number of hydrogen-bond acceptors (Lipinski definition) is 2. The van der Waals surface area contributed by atoms with Crippen LogP contribution in [-0.4, -0.2) is 12.1 Å². The Hall–Kier alpha value is -0.610. The monoisotopic (exact) mass is 217 g/mol. The molecular weight excluding hydrogens is 210 g/mol. The van der Waals surface area contributed by atoms with Crippen LogP contribution in [0.2, 0.25) is 0 Å². The Bertz CT molecular complexity index is 295. The van der Waals surface area contributed by atoms with E-state index in [1.54, 1.807) is 19.4 Å². The molecule has 1 aromatic rings. The number of hydrogen-bond donors (Lipinski definition) is 1. The van der Waals surface area contributed by atoms with Crippen LogP contribution < -0.4 is 5.56 Å². The number of rotatable bonds is 2. The summed E-state index contributed by atoms with van der Waals surface area (Å²) in [6.07, 6.45) is 1.60. The van der Waals surface area contributed by atoms with Gasteiger partial charge in [-0.3, -0.25) is 4.79 Å². The van der Waals surface area contributed by atoms with Gasteiger partial charge in [-0.1, -0.05) is 0 Å². The molecule has 0 atom stereocenters. The van der Waals surface area contributed by atoms with E-state index in [-0.39, 0.29) is 5.56 Å². The molecule has 0 aliphatic carbocycles. The quantitative estimate of drug-likeness (QED) is 0.812. The van der Waals surface area contributed by atoms with E-state index >= 15 is 0 Å². The molecule has 0 unspecified atom stereocenters. The van der Waals surface area contributed by atoms with Gasteiger partial charge in [0.1, 0.15) is 0 Å². The lowest BCUT2D eigenvalue weighted by Crippen LogP contribution is -2.11. The molecule has 1 heterocycles. The summed E-state index contributed by atoms with van der Waals surface area (Å²) in [4.78, 5) is 13.6. The summed E-state index contributed by atoms with van der Waals surface area (Å²) in [6, 6.07) is 1.74. The maximum Gasteiger partial charge on any atom is 0.253 e. The van der Waals surface area contributed by atoms with Gasteiger partial charge in [0.05, 0.1) is 6.61 Å². The summed E-state index contributed by atoms with van der Waals surface area (Å²) in [7, 11) is 1.56. The summed E-state index contributed by atoms with van der Waals surface area (Å²) in [5.41, 5.74) is 0.525. The van der Waals surface area contributed by atoms with Gasteiger partial charge in [0.25, 0.3) is 5.56 Å². The van der Waals surface area contributed by atoms with Crippen molar-refractivity contribution in [1.82, 2.24) is 4.98 Å². The van der Waals surface area contributed by atoms with E-state index in [4.69, 9.17) is 4.74 Å². The predicted octanol–water partition coefficient (Wildman–Crippen LogP) is 1.28.